The number of carbonyl (C=O) groups excluding carboxylic acids is 1. The molecule has 16 heavy (non-hydrogen) atoms. The minimum absolute atomic E-state index is 0.00892. The van der Waals surface area contributed by atoms with Gasteiger partial charge in [0, 0.05) is 12.7 Å². The number of nitrogens with one attached hydrogen (secondary N) is 1. The van der Waals surface area contributed by atoms with E-state index in [9.17, 15) is 9.59 Å². The first-order valence-electron chi connectivity index (χ1n) is 5.11. The molecule has 1 heterocycles. The summed E-state index contributed by atoms with van der Waals surface area (Å²) in [5.41, 5.74) is -0.249. The molecule has 0 bridgehead atoms. The molecule has 0 spiro atoms. The fraction of sp³-hybridized carbons (Fsp3) is 0.500. The van der Waals surface area contributed by atoms with Crippen LogP contribution in [-0.4, -0.2) is 22.0 Å². The molecule has 0 atom stereocenters. The second kappa shape index (κ2) is 6.42. The first kappa shape index (κ1) is 12.9. The summed E-state index contributed by atoms with van der Waals surface area (Å²) in [4.78, 5) is 26.8. The van der Waals surface area contributed by atoms with E-state index in [-0.39, 0.29) is 18.0 Å². The van der Waals surface area contributed by atoms with Crippen molar-refractivity contribution in [2.45, 2.75) is 26.3 Å². The number of hydrogen-bond acceptors (Lipinski definition) is 3. The van der Waals surface area contributed by atoms with E-state index in [2.05, 4.69) is 33.2 Å². The predicted molar refractivity (Wildman–Crippen MR) is 64.1 cm³/mol. The van der Waals surface area contributed by atoms with Gasteiger partial charge in [0.2, 0.25) is 5.91 Å². The van der Waals surface area contributed by atoms with Crippen molar-refractivity contribution in [2.75, 3.05) is 6.54 Å². The number of nitrogens with zero attached hydrogens (tertiary/aromatic N) is 2. The molecule has 0 aliphatic rings. The molecule has 0 aliphatic carbocycles. The Hall–Kier alpha value is -1.17. The molecule has 0 aromatic carbocycles. The Kier molecular flexibility index (Phi) is 5.18. The average molecular weight is 288 g/mol. The van der Waals surface area contributed by atoms with E-state index in [4.69, 9.17) is 0 Å². The largest absolute Gasteiger partial charge is 0.355 e. The zero-order chi connectivity index (χ0) is 12.0. The highest BCUT2D eigenvalue weighted by atomic mass is 79.9. The third-order valence-corrected chi connectivity index (χ3v) is 2.57. The maximum Gasteiger partial charge on any atom is 0.268 e. The van der Waals surface area contributed by atoms with Gasteiger partial charge in [-0.25, -0.2) is 4.98 Å². The minimum atomic E-state index is -0.249. The number of amides is 1. The highest BCUT2D eigenvalue weighted by Crippen LogP contribution is 1.97. The number of rotatable bonds is 5. The van der Waals surface area contributed by atoms with Gasteiger partial charge in [0.05, 0.1) is 6.33 Å². The molecule has 1 rings (SSSR count). The lowest BCUT2D eigenvalue weighted by atomic mass is 10.3. The zero-order valence-electron chi connectivity index (χ0n) is 9.07. The lowest BCUT2D eigenvalue weighted by molar-refractivity contribution is -0.121. The quantitative estimate of drug-likeness (QED) is 0.819. The van der Waals surface area contributed by atoms with Crippen LogP contribution in [0.1, 0.15) is 19.8 Å². The van der Waals surface area contributed by atoms with Crippen LogP contribution in [0.2, 0.25) is 0 Å². The van der Waals surface area contributed by atoms with Gasteiger partial charge in [-0.05, 0) is 22.4 Å². The van der Waals surface area contributed by atoms with Crippen LogP contribution >= 0.6 is 15.9 Å². The van der Waals surface area contributed by atoms with Crippen molar-refractivity contribution in [3.05, 3.63) is 27.4 Å². The maximum atomic E-state index is 11.5. The van der Waals surface area contributed by atoms with Gasteiger partial charge in [-0.15, -0.1) is 0 Å². The molecule has 1 aromatic rings. The Morgan fingerprint density at radius 2 is 2.38 bits per heavy atom. The Balaban J connectivity index is 2.56. The summed E-state index contributed by atoms with van der Waals surface area (Å²) in [5.74, 6) is -0.171. The number of aromatic nitrogens is 2. The Morgan fingerprint density at radius 1 is 1.62 bits per heavy atom. The Labute approximate surface area is 102 Å². The van der Waals surface area contributed by atoms with Crippen LogP contribution in [0.4, 0.5) is 0 Å². The topological polar surface area (TPSA) is 64.0 Å². The molecule has 0 aliphatic heterocycles. The van der Waals surface area contributed by atoms with Crippen molar-refractivity contribution in [2.24, 2.45) is 0 Å². The van der Waals surface area contributed by atoms with E-state index in [0.29, 0.717) is 11.0 Å². The van der Waals surface area contributed by atoms with Gasteiger partial charge < -0.3 is 5.32 Å². The van der Waals surface area contributed by atoms with Gasteiger partial charge in [0.25, 0.3) is 5.56 Å². The van der Waals surface area contributed by atoms with Crippen LogP contribution < -0.4 is 10.9 Å². The van der Waals surface area contributed by atoms with Gasteiger partial charge in [-0.2, -0.15) is 0 Å². The molecule has 0 saturated heterocycles. The maximum absolute atomic E-state index is 11.5. The van der Waals surface area contributed by atoms with Gasteiger partial charge in [-0.3, -0.25) is 14.2 Å². The SMILES string of the molecule is CCCCNC(=O)Cn1cncc(Br)c1=O. The lowest BCUT2D eigenvalue weighted by Gasteiger charge is -2.06. The fourth-order valence-electron chi connectivity index (χ4n) is 1.15. The van der Waals surface area contributed by atoms with Crippen molar-refractivity contribution in [1.82, 2.24) is 14.9 Å². The van der Waals surface area contributed by atoms with Gasteiger partial charge >= 0.3 is 0 Å². The summed E-state index contributed by atoms with van der Waals surface area (Å²) in [7, 11) is 0. The fourth-order valence-corrected chi connectivity index (χ4v) is 1.50. The number of unbranched alkanes of at least 4 members (excludes halogenated alkanes) is 1. The average Bonchev–Trinajstić information content (AvgIpc) is 2.25. The van der Waals surface area contributed by atoms with E-state index in [1.165, 1.54) is 17.1 Å². The Bertz CT molecular complexity index is 417. The molecule has 0 unspecified atom stereocenters. The molecule has 0 radical (unpaired) electrons. The van der Waals surface area contributed by atoms with Crippen molar-refractivity contribution in [3.63, 3.8) is 0 Å². The smallest absolute Gasteiger partial charge is 0.268 e. The minimum Gasteiger partial charge on any atom is -0.355 e. The van der Waals surface area contributed by atoms with Crippen molar-refractivity contribution >= 4 is 21.8 Å². The van der Waals surface area contributed by atoms with Crippen molar-refractivity contribution < 1.29 is 4.79 Å². The molecular weight excluding hydrogens is 274 g/mol. The molecule has 0 saturated carbocycles. The van der Waals surface area contributed by atoms with E-state index in [1.807, 2.05) is 0 Å². The van der Waals surface area contributed by atoms with E-state index in [0.717, 1.165) is 12.8 Å². The summed E-state index contributed by atoms with van der Waals surface area (Å²) >= 11 is 3.07. The number of halogens is 1. The van der Waals surface area contributed by atoms with Gasteiger partial charge in [0.15, 0.2) is 0 Å². The summed E-state index contributed by atoms with van der Waals surface area (Å²) < 4.78 is 1.63. The van der Waals surface area contributed by atoms with Crippen LogP contribution in [-0.2, 0) is 11.3 Å². The molecule has 6 heteroatoms. The van der Waals surface area contributed by atoms with Crippen molar-refractivity contribution in [1.29, 1.82) is 0 Å². The van der Waals surface area contributed by atoms with Crippen LogP contribution in [0.3, 0.4) is 0 Å². The molecule has 5 nitrogen and oxygen atoms in total. The van der Waals surface area contributed by atoms with Crippen LogP contribution in [0.5, 0.6) is 0 Å². The summed E-state index contributed by atoms with van der Waals surface area (Å²) in [6.07, 6.45) is 4.73. The lowest BCUT2D eigenvalue weighted by Crippen LogP contribution is -2.33. The molecule has 1 N–H and O–H groups in total. The van der Waals surface area contributed by atoms with Crippen LogP contribution in [0.15, 0.2) is 21.8 Å². The molecule has 1 aromatic heterocycles. The zero-order valence-corrected chi connectivity index (χ0v) is 10.7. The van der Waals surface area contributed by atoms with E-state index < -0.39 is 0 Å². The predicted octanol–water partition coefficient (Wildman–Crippen LogP) is 0.922. The van der Waals surface area contributed by atoms with E-state index in [1.54, 1.807) is 0 Å². The van der Waals surface area contributed by atoms with Gasteiger partial charge in [0.1, 0.15) is 11.0 Å². The second-order valence-corrected chi connectivity index (χ2v) is 4.23. The summed E-state index contributed by atoms with van der Waals surface area (Å²) in [6.45, 7) is 2.70. The molecule has 1 amide bonds. The third-order valence-electron chi connectivity index (χ3n) is 2.03. The number of carbonyl (C=O) groups is 1. The molecule has 88 valence electrons. The molecule has 0 fully saturated rings. The summed E-state index contributed by atoms with van der Waals surface area (Å²) in [5, 5.41) is 2.74. The Morgan fingerprint density at radius 3 is 3.06 bits per heavy atom. The standard InChI is InChI=1S/C10H14BrN3O2/c1-2-3-4-13-9(15)6-14-7-12-5-8(11)10(14)16/h5,7H,2-4,6H2,1H3,(H,13,15). The monoisotopic (exact) mass is 287 g/mol. The normalized spacial score (nSPS) is 10.1. The molecular formula is C10H14BrN3O2. The highest BCUT2D eigenvalue weighted by Gasteiger charge is 2.05. The number of hydrogen-bond donors (Lipinski definition) is 1. The third kappa shape index (κ3) is 3.77. The van der Waals surface area contributed by atoms with Crippen LogP contribution in [0, 0.1) is 0 Å². The first-order valence-corrected chi connectivity index (χ1v) is 5.91. The van der Waals surface area contributed by atoms with Crippen molar-refractivity contribution in [3.8, 4) is 0 Å². The highest BCUT2D eigenvalue weighted by molar-refractivity contribution is 9.10. The summed E-state index contributed by atoms with van der Waals surface area (Å²) in [6, 6.07) is 0. The van der Waals surface area contributed by atoms with E-state index >= 15 is 0 Å². The van der Waals surface area contributed by atoms with Gasteiger partial charge in [-0.1, -0.05) is 13.3 Å². The second-order valence-electron chi connectivity index (χ2n) is 3.38. The van der Waals surface area contributed by atoms with Crippen LogP contribution in [0.25, 0.3) is 0 Å². The first-order chi connectivity index (χ1) is 7.65.